The molecule has 0 saturated carbocycles. The number of hydrogen-bond donors (Lipinski definition) is 3. The van der Waals surface area contributed by atoms with Crippen molar-refractivity contribution in [1.29, 1.82) is 0 Å². The number of aliphatic hydroxyl groups excluding tert-OH is 2. The van der Waals surface area contributed by atoms with Crippen LogP contribution >= 0.6 is 0 Å². The summed E-state index contributed by atoms with van der Waals surface area (Å²) in [7, 11) is 0. The average molecular weight is 213 g/mol. The van der Waals surface area contributed by atoms with Crippen molar-refractivity contribution < 1.29 is 10.2 Å². The highest BCUT2D eigenvalue weighted by Gasteiger charge is 2.16. The maximum absolute atomic E-state index is 8.83. The molecule has 0 aromatic heterocycles. The van der Waals surface area contributed by atoms with Crippen molar-refractivity contribution in [3.05, 3.63) is 12.2 Å². The van der Waals surface area contributed by atoms with Crippen molar-refractivity contribution >= 4 is 5.84 Å². The standard InChI is InChI=1S/C8H15N5O2/c9-10-7-1-2-8(12-11-7)13(3-5-14)4-6-15/h1-2,8,14-15H,3-6,9H2/b10-7-. The van der Waals surface area contributed by atoms with E-state index in [1.165, 1.54) is 0 Å². The van der Waals surface area contributed by atoms with E-state index in [4.69, 9.17) is 16.1 Å². The number of hydrogen-bond acceptors (Lipinski definition) is 6. The lowest BCUT2D eigenvalue weighted by Gasteiger charge is -2.25. The number of aliphatic hydroxyl groups is 2. The molecule has 0 spiro atoms. The van der Waals surface area contributed by atoms with Gasteiger partial charge in [-0.15, -0.1) is 5.11 Å². The van der Waals surface area contributed by atoms with Crippen molar-refractivity contribution in [3.8, 4) is 0 Å². The molecular weight excluding hydrogens is 198 g/mol. The van der Waals surface area contributed by atoms with Gasteiger partial charge in [-0.05, 0) is 12.2 Å². The Labute approximate surface area is 87.6 Å². The summed E-state index contributed by atoms with van der Waals surface area (Å²) in [5, 5.41) is 28.8. The quantitative estimate of drug-likeness (QED) is 0.397. The number of nitrogens with two attached hydrogens (primary N) is 1. The Morgan fingerprint density at radius 3 is 2.47 bits per heavy atom. The summed E-state index contributed by atoms with van der Waals surface area (Å²) in [6.45, 7) is 0.892. The smallest absolute Gasteiger partial charge is 0.192 e. The minimum atomic E-state index is -0.269. The Hall–Kier alpha value is -1.31. The zero-order chi connectivity index (χ0) is 11.1. The zero-order valence-electron chi connectivity index (χ0n) is 8.32. The van der Waals surface area contributed by atoms with E-state index in [2.05, 4.69) is 15.3 Å². The fourth-order valence-corrected chi connectivity index (χ4v) is 1.26. The molecule has 1 heterocycles. The summed E-state index contributed by atoms with van der Waals surface area (Å²) < 4.78 is 0. The molecule has 4 N–H and O–H groups in total. The normalized spacial score (nSPS) is 22.9. The van der Waals surface area contributed by atoms with Crippen LogP contribution in [0.5, 0.6) is 0 Å². The highest BCUT2D eigenvalue weighted by Crippen LogP contribution is 2.08. The second-order valence-corrected chi connectivity index (χ2v) is 2.96. The van der Waals surface area contributed by atoms with Gasteiger partial charge in [-0.3, -0.25) is 4.90 Å². The van der Waals surface area contributed by atoms with Gasteiger partial charge in [-0.25, -0.2) is 0 Å². The third-order valence-corrected chi connectivity index (χ3v) is 1.98. The van der Waals surface area contributed by atoms with Gasteiger partial charge < -0.3 is 16.1 Å². The Balaban J connectivity index is 2.59. The fraction of sp³-hybridized carbons (Fsp3) is 0.625. The van der Waals surface area contributed by atoms with E-state index >= 15 is 0 Å². The van der Waals surface area contributed by atoms with Crippen molar-refractivity contribution in [2.24, 2.45) is 21.2 Å². The summed E-state index contributed by atoms with van der Waals surface area (Å²) >= 11 is 0. The van der Waals surface area contributed by atoms with E-state index in [-0.39, 0.29) is 19.4 Å². The molecule has 1 rings (SSSR count). The van der Waals surface area contributed by atoms with Gasteiger partial charge in [0, 0.05) is 13.1 Å². The second-order valence-electron chi connectivity index (χ2n) is 2.96. The molecule has 0 radical (unpaired) electrons. The first-order chi connectivity index (χ1) is 7.31. The predicted molar refractivity (Wildman–Crippen MR) is 55.2 cm³/mol. The van der Waals surface area contributed by atoms with Crippen LogP contribution < -0.4 is 5.84 Å². The molecule has 7 nitrogen and oxygen atoms in total. The molecule has 0 aromatic carbocycles. The van der Waals surface area contributed by atoms with Gasteiger partial charge >= 0.3 is 0 Å². The maximum Gasteiger partial charge on any atom is 0.192 e. The molecule has 0 aliphatic carbocycles. The first-order valence-electron chi connectivity index (χ1n) is 4.64. The summed E-state index contributed by atoms with van der Waals surface area (Å²) in [6, 6.07) is 0. The van der Waals surface area contributed by atoms with Gasteiger partial charge in [0.1, 0.15) is 6.17 Å². The molecule has 84 valence electrons. The molecule has 15 heavy (non-hydrogen) atoms. The molecule has 0 aromatic rings. The minimum Gasteiger partial charge on any atom is -0.395 e. The zero-order valence-corrected chi connectivity index (χ0v) is 8.32. The van der Waals surface area contributed by atoms with Gasteiger partial charge in [-0.2, -0.15) is 10.2 Å². The molecule has 1 atom stereocenters. The lowest BCUT2D eigenvalue weighted by atomic mass is 10.3. The highest BCUT2D eigenvalue weighted by atomic mass is 16.3. The SMILES string of the molecule is N/N=C1/C=CC(N(CCO)CCO)N=N1. The van der Waals surface area contributed by atoms with Crippen LogP contribution in [0, 0.1) is 0 Å². The number of azo groups is 1. The molecule has 1 aliphatic heterocycles. The molecule has 0 bridgehead atoms. The van der Waals surface area contributed by atoms with Crippen molar-refractivity contribution in [2.45, 2.75) is 6.17 Å². The Kier molecular flexibility index (Phi) is 4.88. The van der Waals surface area contributed by atoms with Crippen molar-refractivity contribution in [2.75, 3.05) is 26.3 Å². The van der Waals surface area contributed by atoms with Crippen LogP contribution in [0.2, 0.25) is 0 Å². The lowest BCUT2D eigenvalue weighted by Crippen LogP contribution is -2.37. The van der Waals surface area contributed by atoms with Crippen molar-refractivity contribution in [3.63, 3.8) is 0 Å². The van der Waals surface area contributed by atoms with Gasteiger partial charge in [0.05, 0.1) is 13.2 Å². The monoisotopic (exact) mass is 213 g/mol. The summed E-state index contributed by atoms with van der Waals surface area (Å²) in [5.74, 6) is 5.39. The molecular formula is C8H15N5O2. The topological polar surface area (TPSA) is 107 Å². The molecule has 0 amide bonds. The maximum atomic E-state index is 8.83. The third-order valence-electron chi connectivity index (χ3n) is 1.98. The summed E-state index contributed by atoms with van der Waals surface area (Å²) in [4.78, 5) is 1.80. The molecule has 7 heteroatoms. The first-order valence-corrected chi connectivity index (χ1v) is 4.64. The fourth-order valence-electron chi connectivity index (χ4n) is 1.26. The van der Waals surface area contributed by atoms with Crippen LogP contribution in [0.3, 0.4) is 0 Å². The van der Waals surface area contributed by atoms with Crippen LogP contribution in [-0.4, -0.2) is 53.4 Å². The van der Waals surface area contributed by atoms with E-state index in [9.17, 15) is 0 Å². The molecule has 1 unspecified atom stereocenters. The van der Waals surface area contributed by atoms with Crippen LogP contribution in [0.4, 0.5) is 0 Å². The van der Waals surface area contributed by atoms with Gasteiger partial charge in [-0.1, -0.05) is 0 Å². The Bertz CT molecular complexity index is 254. The Morgan fingerprint density at radius 2 is 2.07 bits per heavy atom. The summed E-state index contributed by atoms with van der Waals surface area (Å²) in [5.41, 5.74) is 0. The molecule has 0 saturated heterocycles. The number of nitrogens with zero attached hydrogens (tertiary/aromatic N) is 4. The van der Waals surface area contributed by atoms with Gasteiger partial charge in [0.15, 0.2) is 5.84 Å². The predicted octanol–water partition coefficient (Wildman–Crippen LogP) is -1.11. The summed E-state index contributed by atoms with van der Waals surface area (Å²) in [6.07, 6.45) is 3.15. The number of rotatable bonds is 5. The van der Waals surface area contributed by atoms with Gasteiger partial charge in [0.25, 0.3) is 0 Å². The van der Waals surface area contributed by atoms with E-state index in [1.54, 1.807) is 17.1 Å². The van der Waals surface area contributed by atoms with E-state index in [0.29, 0.717) is 18.9 Å². The van der Waals surface area contributed by atoms with Crippen LogP contribution in [-0.2, 0) is 0 Å². The number of hydrazone groups is 1. The molecule has 0 fully saturated rings. The van der Waals surface area contributed by atoms with E-state index in [1.807, 2.05) is 0 Å². The largest absolute Gasteiger partial charge is 0.395 e. The lowest BCUT2D eigenvalue weighted by molar-refractivity contribution is 0.139. The number of amidine groups is 1. The average Bonchev–Trinajstić information content (AvgIpc) is 2.29. The highest BCUT2D eigenvalue weighted by molar-refractivity contribution is 5.93. The van der Waals surface area contributed by atoms with Crippen LogP contribution in [0.25, 0.3) is 0 Å². The second kappa shape index (κ2) is 6.23. The Morgan fingerprint density at radius 1 is 1.40 bits per heavy atom. The third kappa shape index (κ3) is 3.39. The van der Waals surface area contributed by atoms with E-state index < -0.39 is 0 Å². The van der Waals surface area contributed by atoms with Gasteiger partial charge in [0.2, 0.25) is 0 Å². The minimum absolute atomic E-state index is 0.0116. The molecule has 1 aliphatic rings. The van der Waals surface area contributed by atoms with E-state index in [0.717, 1.165) is 0 Å². The first kappa shape index (κ1) is 11.8. The van der Waals surface area contributed by atoms with Crippen molar-refractivity contribution in [1.82, 2.24) is 4.90 Å². The van der Waals surface area contributed by atoms with Crippen LogP contribution in [0.15, 0.2) is 27.5 Å². The van der Waals surface area contributed by atoms with Crippen LogP contribution in [0.1, 0.15) is 0 Å².